The first-order valence-electron chi connectivity index (χ1n) is 9.45. The van der Waals surface area contributed by atoms with Gasteiger partial charge in [-0.05, 0) is 75.1 Å². The molecule has 5 heteroatoms. The van der Waals surface area contributed by atoms with Gasteiger partial charge in [0.05, 0.1) is 30.5 Å². The van der Waals surface area contributed by atoms with Crippen molar-refractivity contribution in [3.8, 4) is 5.75 Å². The minimum absolute atomic E-state index is 0.0772. The number of hydrogen-bond acceptors (Lipinski definition) is 5. The molecule has 5 nitrogen and oxygen atoms in total. The van der Waals surface area contributed by atoms with E-state index in [0.29, 0.717) is 43.1 Å². The van der Waals surface area contributed by atoms with Gasteiger partial charge in [0.25, 0.3) is 0 Å². The number of aliphatic hydroxyl groups excluding tert-OH is 1. The van der Waals surface area contributed by atoms with E-state index >= 15 is 0 Å². The molecule has 2 aliphatic carbocycles. The topological polar surface area (TPSA) is 68.3 Å². The molecule has 25 heavy (non-hydrogen) atoms. The highest BCUT2D eigenvalue weighted by Gasteiger charge is 2.43. The molecule has 1 heterocycles. The lowest BCUT2D eigenvalue weighted by Gasteiger charge is -2.25. The minimum Gasteiger partial charge on any atom is -0.493 e. The summed E-state index contributed by atoms with van der Waals surface area (Å²) in [5.74, 6) is 1.06. The Bertz CT molecular complexity index is 591. The van der Waals surface area contributed by atoms with Crippen LogP contribution in [-0.2, 0) is 9.47 Å². The summed E-state index contributed by atoms with van der Waals surface area (Å²) in [5, 5.41) is 9.51. The van der Waals surface area contributed by atoms with E-state index in [0.717, 1.165) is 31.4 Å². The summed E-state index contributed by atoms with van der Waals surface area (Å²) in [4.78, 5) is 12.2. The fourth-order valence-corrected chi connectivity index (χ4v) is 3.92. The van der Waals surface area contributed by atoms with Gasteiger partial charge in [-0.15, -0.1) is 0 Å². The van der Waals surface area contributed by atoms with Gasteiger partial charge in [-0.25, -0.2) is 4.79 Å². The average Bonchev–Trinajstić information content (AvgIpc) is 3.41. The molecule has 0 radical (unpaired) electrons. The molecule has 1 N–H and O–H groups in total. The van der Waals surface area contributed by atoms with Crippen molar-refractivity contribution in [1.82, 2.24) is 0 Å². The first kappa shape index (κ1) is 16.9. The maximum atomic E-state index is 12.2. The van der Waals surface area contributed by atoms with Gasteiger partial charge in [-0.3, -0.25) is 0 Å². The van der Waals surface area contributed by atoms with Crippen LogP contribution in [0, 0.1) is 5.92 Å². The van der Waals surface area contributed by atoms with Crippen LogP contribution in [0.2, 0.25) is 0 Å². The first-order chi connectivity index (χ1) is 12.2. The first-order valence-corrected chi connectivity index (χ1v) is 9.45. The summed E-state index contributed by atoms with van der Waals surface area (Å²) in [7, 11) is 0. The lowest BCUT2D eigenvalue weighted by Crippen LogP contribution is -2.26. The molecule has 3 fully saturated rings. The van der Waals surface area contributed by atoms with Crippen LogP contribution < -0.4 is 4.74 Å². The quantitative estimate of drug-likeness (QED) is 0.655. The molecule has 1 aliphatic heterocycles. The van der Waals surface area contributed by atoms with Gasteiger partial charge < -0.3 is 19.3 Å². The van der Waals surface area contributed by atoms with Crippen LogP contribution >= 0.6 is 0 Å². The van der Waals surface area contributed by atoms with Gasteiger partial charge in [0.2, 0.25) is 0 Å². The number of rotatable bonds is 5. The number of epoxide rings is 1. The van der Waals surface area contributed by atoms with Gasteiger partial charge in [-0.1, -0.05) is 0 Å². The smallest absolute Gasteiger partial charge is 0.338 e. The van der Waals surface area contributed by atoms with E-state index in [4.69, 9.17) is 14.2 Å². The summed E-state index contributed by atoms with van der Waals surface area (Å²) in [6.07, 6.45) is 6.99. The maximum absolute atomic E-state index is 12.2. The molecule has 1 aromatic rings. The van der Waals surface area contributed by atoms with E-state index in [-0.39, 0.29) is 18.2 Å². The Balaban J connectivity index is 1.24. The van der Waals surface area contributed by atoms with Gasteiger partial charge in [0, 0.05) is 0 Å². The van der Waals surface area contributed by atoms with Crippen molar-refractivity contribution in [2.75, 3.05) is 6.61 Å². The van der Waals surface area contributed by atoms with E-state index in [1.54, 1.807) is 12.1 Å². The number of hydrogen-bond donors (Lipinski definition) is 1. The zero-order valence-electron chi connectivity index (χ0n) is 14.4. The molecule has 2 saturated carbocycles. The molecular weight excluding hydrogens is 320 g/mol. The summed E-state index contributed by atoms with van der Waals surface area (Å²) in [6, 6.07) is 7.19. The molecular formula is C20H26O5. The van der Waals surface area contributed by atoms with E-state index in [1.807, 2.05) is 12.1 Å². The van der Waals surface area contributed by atoms with E-state index in [2.05, 4.69) is 0 Å². The molecule has 0 bridgehead atoms. The molecule has 0 amide bonds. The van der Waals surface area contributed by atoms with Crippen molar-refractivity contribution in [3.05, 3.63) is 29.8 Å². The second kappa shape index (κ2) is 7.34. The predicted molar refractivity (Wildman–Crippen MR) is 91.6 cm³/mol. The zero-order chi connectivity index (χ0) is 17.2. The number of fused-ring (bicyclic) bond motifs is 1. The lowest BCUT2D eigenvalue weighted by atomic mass is 9.90. The number of ether oxygens (including phenoxy) is 3. The Morgan fingerprint density at radius 3 is 2.52 bits per heavy atom. The molecule has 4 rings (SSSR count). The maximum Gasteiger partial charge on any atom is 0.338 e. The lowest BCUT2D eigenvalue weighted by molar-refractivity contribution is 0.00459. The second-order valence-corrected chi connectivity index (χ2v) is 7.56. The Labute approximate surface area is 148 Å². The minimum atomic E-state index is -0.294. The predicted octanol–water partition coefficient (Wildman–Crippen LogP) is 3.09. The molecule has 1 aromatic carbocycles. The highest BCUT2D eigenvalue weighted by Crippen LogP contribution is 2.39. The molecule has 3 atom stereocenters. The van der Waals surface area contributed by atoms with E-state index in [9.17, 15) is 9.90 Å². The fourth-order valence-electron chi connectivity index (χ4n) is 3.92. The molecule has 0 spiro atoms. The largest absolute Gasteiger partial charge is 0.493 e. The Kier molecular flexibility index (Phi) is 4.95. The van der Waals surface area contributed by atoms with E-state index < -0.39 is 0 Å². The van der Waals surface area contributed by atoms with Crippen molar-refractivity contribution in [2.24, 2.45) is 5.92 Å². The van der Waals surface area contributed by atoms with Crippen LogP contribution in [0.25, 0.3) is 0 Å². The van der Waals surface area contributed by atoms with Crippen LogP contribution in [0.15, 0.2) is 24.3 Å². The molecule has 3 aliphatic rings. The van der Waals surface area contributed by atoms with Crippen molar-refractivity contribution in [2.45, 2.75) is 69.4 Å². The molecule has 0 aromatic heterocycles. The molecule has 136 valence electrons. The average molecular weight is 346 g/mol. The Morgan fingerprint density at radius 2 is 1.80 bits per heavy atom. The van der Waals surface area contributed by atoms with Crippen LogP contribution in [-0.4, -0.2) is 42.1 Å². The van der Waals surface area contributed by atoms with Gasteiger partial charge in [0.15, 0.2) is 0 Å². The Hall–Kier alpha value is -1.59. The number of aliphatic hydroxyl groups is 1. The summed E-state index contributed by atoms with van der Waals surface area (Å²) >= 11 is 0. The number of carbonyl (C=O) groups excluding carboxylic acids is 1. The zero-order valence-corrected chi connectivity index (χ0v) is 14.4. The van der Waals surface area contributed by atoms with Crippen LogP contribution in [0.5, 0.6) is 5.75 Å². The van der Waals surface area contributed by atoms with E-state index in [1.165, 1.54) is 6.42 Å². The number of carbonyl (C=O) groups is 1. The van der Waals surface area contributed by atoms with Gasteiger partial charge in [-0.2, -0.15) is 0 Å². The summed E-state index contributed by atoms with van der Waals surface area (Å²) in [6.45, 7) is 0.709. The third-order valence-electron chi connectivity index (χ3n) is 5.61. The van der Waals surface area contributed by atoms with Crippen LogP contribution in [0.3, 0.4) is 0 Å². The van der Waals surface area contributed by atoms with Crippen molar-refractivity contribution in [1.29, 1.82) is 0 Å². The molecule has 1 saturated heterocycles. The number of benzene rings is 1. The highest BCUT2D eigenvalue weighted by molar-refractivity contribution is 5.89. The third-order valence-corrected chi connectivity index (χ3v) is 5.61. The van der Waals surface area contributed by atoms with Crippen LogP contribution in [0.4, 0.5) is 0 Å². The monoisotopic (exact) mass is 346 g/mol. The van der Waals surface area contributed by atoms with Crippen LogP contribution in [0.1, 0.15) is 55.3 Å². The standard InChI is InChI=1S/C20H26O5/c21-15-4-8-17(9-5-15)24-20(22)14-2-6-16(7-3-14)23-12-13-1-10-18-19(11-13)25-18/h2-3,6-7,13,15,17-19,21H,1,4-5,8-12H2. The summed E-state index contributed by atoms with van der Waals surface area (Å²) < 4.78 is 17.0. The number of esters is 1. The van der Waals surface area contributed by atoms with Gasteiger partial charge >= 0.3 is 5.97 Å². The molecule has 3 unspecified atom stereocenters. The fraction of sp³-hybridized carbons (Fsp3) is 0.650. The van der Waals surface area contributed by atoms with Crippen molar-refractivity contribution in [3.63, 3.8) is 0 Å². The Morgan fingerprint density at radius 1 is 1.04 bits per heavy atom. The van der Waals surface area contributed by atoms with Crippen molar-refractivity contribution >= 4 is 5.97 Å². The summed E-state index contributed by atoms with van der Waals surface area (Å²) in [5.41, 5.74) is 0.547. The highest BCUT2D eigenvalue weighted by atomic mass is 16.6. The third kappa shape index (κ3) is 4.33. The SMILES string of the molecule is O=C(OC1CCC(O)CC1)c1ccc(OCC2CCC3OC3C2)cc1. The van der Waals surface area contributed by atoms with Gasteiger partial charge in [0.1, 0.15) is 11.9 Å². The second-order valence-electron chi connectivity index (χ2n) is 7.56. The normalized spacial score (nSPS) is 34.0. The van der Waals surface area contributed by atoms with Crippen molar-refractivity contribution < 1.29 is 24.1 Å².